The van der Waals surface area contributed by atoms with Gasteiger partial charge in [-0.15, -0.1) is 0 Å². The van der Waals surface area contributed by atoms with Crippen molar-refractivity contribution in [1.82, 2.24) is 0 Å². The van der Waals surface area contributed by atoms with Gasteiger partial charge in [0.05, 0.1) is 5.60 Å². The molecule has 1 radical (unpaired) electrons. The molecule has 0 aliphatic rings. The van der Waals surface area contributed by atoms with Gasteiger partial charge in [0.15, 0.2) is 0 Å². The van der Waals surface area contributed by atoms with Crippen LogP contribution < -0.4 is 0 Å². The Bertz CT molecular complexity index is 119. The van der Waals surface area contributed by atoms with Crippen molar-refractivity contribution in [2.75, 3.05) is 7.11 Å². The van der Waals surface area contributed by atoms with E-state index in [0.29, 0.717) is 0 Å². The first kappa shape index (κ1) is 9.52. The largest absolute Gasteiger partial charge is 0.379 e. The summed E-state index contributed by atoms with van der Waals surface area (Å²) in [5, 5.41) is 0. The van der Waals surface area contributed by atoms with Gasteiger partial charge in [-0.2, -0.15) is 0 Å². The van der Waals surface area contributed by atoms with Crippen molar-refractivity contribution in [1.29, 1.82) is 0 Å². The van der Waals surface area contributed by atoms with Crippen LogP contribution in [0.1, 0.15) is 33.1 Å². The number of hydrogen-bond donors (Lipinski definition) is 0. The van der Waals surface area contributed by atoms with Crippen LogP contribution in [0.2, 0.25) is 0 Å². The molecule has 0 aliphatic heterocycles. The average Bonchev–Trinajstić information content (AvgIpc) is 1.89. The molecule has 0 N–H and O–H groups in total. The average molecular weight is 139 g/mol. The van der Waals surface area contributed by atoms with Crippen LogP contribution in [0.4, 0.5) is 0 Å². The molecule has 0 heterocycles. The molecule has 0 fully saturated rings. The maximum atomic E-state index is 6.68. The van der Waals surface area contributed by atoms with Gasteiger partial charge in [-0.25, -0.2) is 0 Å². The number of unbranched alkanes of at least 4 members (excludes halogenated alkanes) is 1. The molecule has 0 amide bonds. The minimum Gasteiger partial charge on any atom is -0.379 e. The van der Waals surface area contributed by atoms with E-state index in [1.54, 1.807) is 7.11 Å². The van der Waals surface area contributed by atoms with Crippen LogP contribution >= 0.6 is 0 Å². The minimum absolute atomic E-state index is 0.0309. The lowest BCUT2D eigenvalue weighted by Gasteiger charge is -2.21. The molecule has 0 rings (SSSR count). The van der Waals surface area contributed by atoms with Gasteiger partial charge < -0.3 is 4.74 Å². The maximum Gasteiger partial charge on any atom is 0.0623 e. The third kappa shape index (κ3) is 4.40. The SMILES string of the molecule is [C]#CCCCC(C)(C)OC. The van der Waals surface area contributed by atoms with Gasteiger partial charge in [-0.1, -0.05) is 5.92 Å². The van der Waals surface area contributed by atoms with Gasteiger partial charge in [0, 0.05) is 13.5 Å². The Morgan fingerprint density at radius 3 is 2.50 bits per heavy atom. The summed E-state index contributed by atoms with van der Waals surface area (Å²) >= 11 is 0. The highest BCUT2D eigenvalue weighted by molar-refractivity contribution is 4.77. The molecule has 0 aromatic heterocycles. The molecule has 0 bridgehead atoms. The number of methoxy groups -OCH3 is 1. The molecule has 1 heteroatoms. The summed E-state index contributed by atoms with van der Waals surface area (Å²) in [6.45, 7) is 4.11. The van der Waals surface area contributed by atoms with E-state index in [2.05, 4.69) is 19.8 Å². The first-order valence-corrected chi connectivity index (χ1v) is 3.57. The van der Waals surface area contributed by atoms with Crippen molar-refractivity contribution in [2.45, 2.75) is 38.7 Å². The second kappa shape index (κ2) is 4.35. The summed E-state index contributed by atoms with van der Waals surface area (Å²) in [5.74, 6) is 2.36. The van der Waals surface area contributed by atoms with Gasteiger partial charge in [0.25, 0.3) is 0 Å². The fourth-order valence-electron chi connectivity index (χ4n) is 0.705. The van der Waals surface area contributed by atoms with Crippen LogP contribution in [0.5, 0.6) is 0 Å². The normalized spacial score (nSPS) is 11.0. The molecule has 0 saturated heterocycles. The van der Waals surface area contributed by atoms with E-state index in [1.807, 2.05) is 0 Å². The molecule has 0 aromatic carbocycles. The van der Waals surface area contributed by atoms with Gasteiger partial charge >= 0.3 is 0 Å². The Morgan fingerprint density at radius 2 is 2.10 bits per heavy atom. The van der Waals surface area contributed by atoms with Crippen molar-refractivity contribution >= 4 is 0 Å². The number of hydrogen-bond acceptors (Lipinski definition) is 1. The van der Waals surface area contributed by atoms with E-state index in [0.717, 1.165) is 19.3 Å². The third-order valence-electron chi connectivity index (χ3n) is 1.63. The fourth-order valence-corrected chi connectivity index (χ4v) is 0.705. The van der Waals surface area contributed by atoms with Crippen molar-refractivity contribution < 1.29 is 4.74 Å². The third-order valence-corrected chi connectivity index (χ3v) is 1.63. The molecule has 57 valence electrons. The summed E-state index contributed by atoms with van der Waals surface area (Å²) < 4.78 is 5.20. The molecular formula is C9H15O. The minimum atomic E-state index is -0.0309. The predicted octanol–water partition coefficient (Wildman–Crippen LogP) is 2.17. The highest BCUT2D eigenvalue weighted by Crippen LogP contribution is 2.15. The number of rotatable bonds is 4. The van der Waals surface area contributed by atoms with E-state index in [-0.39, 0.29) is 5.60 Å². The van der Waals surface area contributed by atoms with Crippen molar-refractivity contribution in [3.05, 3.63) is 6.42 Å². The number of ether oxygens (including phenoxy) is 1. The quantitative estimate of drug-likeness (QED) is 0.428. The standard InChI is InChI=1S/C9H15O/c1-5-6-7-8-9(2,3)10-4/h6-8H2,2-4H3. The van der Waals surface area contributed by atoms with Gasteiger partial charge in [-0.3, -0.25) is 0 Å². The van der Waals surface area contributed by atoms with E-state index >= 15 is 0 Å². The molecule has 10 heavy (non-hydrogen) atoms. The van der Waals surface area contributed by atoms with E-state index in [9.17, 15) is 0 Å². The maximum absolute atomic E-state index is 6.68. The van der Waals surface area contributed by atoms with Crippen LogP contribution in [-0.2, 0) is 4.74 Å². The molecule has 0 unspecified atom stereocenters. The zero-order valence-corrected chi connectivity index (χ0v) is 7.03. The summed E-state index contributed by atoms with van der Waals surface area (Å²) in [6, 6.07) is 0. The van der Waals surface area contributed by atoms with Crippen molar-refractivity contribution in [3.8, 4) is 5.92 Å². The lowest BCUT2D eigenvalue weighted by atomic mass is 10.0. The van der Waals surface area contributed by atoms with Gasteiger partial charge in [0.1, 0.15) is 0 Å². The Labute approximate surface area is 63.8 Å². The highest BCUT2D eigenvalue weighted by Gasteiger charge is 2.14. The van der Waals surface area contributed by atoms with Crippen molar-refractivity contribution in [3.63, 3.8) is 0 Å². The molecular weight excluding hydrogens is 124 g/mol. The smallest absolute Gasteiger partial charge is 0.0623 e. The zero-order chi connectivity index (χ0) is 8.04. The van der Waals surface area contributed by atoms with Crippen LogP contribution in [0, 0.1) is 12.3 Å². The summed E-state index contributed by atoms with van der Waals surface area (Å²) in [6.07, 6.45) is 9.41. The Balaban J connectivity index is 3.39. The second-order valence-corrected chi connectivity index (χ2v) is 2.99. The van der Waals surface area contributed by atoms with E-state index in [4.69, 9.17) is 11.2 Å². The van der Waals surface area contributed by atoms with Crippen molar-refractivity contribution in [2.24, 2.45) is 0 Å². The summed E-state index contributed by atoms with van der Waals surface area (Å²) in [5.41, 5.74) is -0.0309. The van der Waals surface area contributed by atoms with E-state index < -0.39 is 0 Å². The summed E-state index contributed by atoms with van der Waals surface area (Å²) in [7, 11) is 1.72. The highest BCUT2D eigenvalue weighted by atomic mass is 16.5. The Hall–Kier alpha value is -0.480. The molecule has 0 atom stereocenters. The zero-order valence-electron chi connectivity index (χ0n) is 7.03. The second-order valence-electron chi connectivity index (χ2n) is 2.99. The predicted molar refractivity (Wildman–Crippen MR) is 42.1 cm³/mol. The van der Waals surface area contributed by atoms with Crippen LogP contribution in [0.25, 0.3) is 0 Å². The Morgan fingerprint density at radius 1 is 1.50 bits per heavy atom. The van der Waals surface area contributed by atoms with Crippen LogP contribution in [0.15, 0.2) is 0 Å². The molecule has 1 nitrogen and oxygen atoms in total. The van der Waals surface area contributed by atoms with Gasteiger partial charge in [0.2, 0.25) is 0 Å². The van der Waals surface area contributed by atoms with Crippen LogP contribution in [-0.4, -0.2) is 12.7 Å². The summed E-state index contributed by atoms with van der Waals surface area (Å²) in [4.78, 5) is 0. The molecule has 0 aliphatic carbocycles. The Kier molecular flexibility index (Phi) is 4.14. The topological polar surface area (TPSA) is 9.23 Å². The lowest BCUT2D eigenvalue weighted by molar-refractivity contribution is 0.0142. The molecule has 0 aromatic rings. The lowest BCUT2D eigenvalue weighted by Crippen LogP contribution is -2.21. The molecule has 0 saturated carbocycles. The fraction of sp³-hybridized carbons (Fsp3) is 0.778. The van der Waals surface area contributed by atoms with E-state index in [1.165, 1.54) is 0 Å². The first-order valence-electron chi connectivity index (χ1n) is 3.57. The van der Waals surface area contributed by atoms with Crippen LogP contribution in [0.3, 0.4) is 0 Å². The molecule has 0 spiro atoms. The monoisotopic (exact) mass is 139 g/mol. The van der Waals surface area contributed by atoms with Gasteiger partial charge in [-0.05, 0) is 33.1 Å². The first-order chi connectivity index (χ1) is 4.62.